The molecule has 2 unspecified atom stereocenters. The molecule has 0 aromatic rings. The molecule has 4 nitrogen and oxygen atoms in total. The van der Waals surface area contributed by atoms with E-state index in [1.165, 1.54) is 32.6 Å². The lowest BCUT2D eigenvalue weighted by molar-refractivity contribution is 0.0768. The van der Waals surface area contributed by atoms with Crippen LogP contribution in [-0.2, 0) is 4.74 Å². The number of rotatable bonds is 10. The van der Waals surface area contributed by atoms with Crippen LogP contribution in [-0.4, -0.2) is 74.4 Å². The first-order valence-electron chi connectivity index (χ1n) is 8.45. The first kappa shape index (κ1) is 17.9. The fraction of sp³-hybridized carbons (Fsp3) is 1.00. The van der Waals surface area contributed by atoms with Crippen molar-refractivity contribution in [3.05, 3.63) is 0 Å². The minimum Gasteiger partial charge on any atom is -0.382 e. The lowest BCUT2D eigenvalue weighted by Gasteiger charge is -2.40. The quantitative estimate of drug-likeness (QED) is 0.620. The van der Waals surface area contributed by atoms with Crippen LogP contribution >= 0.6 is 0 Å². The molecule has 1 rings (SSSR count). The van der Waals surface area contributed by atoms with Crippen LogP contribution in [0.5, 0.6) is 0 Å². The fourth-order valence-corrected chi connectivity index (χ4v) is 2.76. The molecule has 1 N–H and O–H groups in total. The van der Waals surface area contributed by atoms with E-state index < -0.39 is 0 Å². The van der Waals surface area contributed by atoms with Crippen LogP contribution in [0.4, 0.5) is 0 Å². The molecule has 0 aromatic carbocycles. The first-order chi connectivity index (χ1) is 9.69. The van der Waals surface area contributed by atoms with Gasteiger partial charge in [-0.15, -0.1) is 0 Å². The Morgan fingerprint density at radius 1 is 1.00 bits per heavy atom. The van der Waals surface area contributed by atoms with Gasteiger partial charge in [0.05, 0.1) is 0 Å². The summed E-state index contributed by atoms with van der Waals surface area (Å²) in [5, 5.41) is 3.55. The third-order valence-electron chi connectivity index (χ3n) is 4.47. The zero-order valence-electron chi connectivity index (χ0n) is 14.0. The maximum atomic E-state index is 5.35. The van der Waals surface area contributed by atoms with E-state index in [1.54, 1.807) is 0 Å². The van der Waals surface area contributed by atoms with Crippen LogP contribution < -0.4 is 5.32 Å². The molecule has 0 spiro atoms. The summed E-state index contributed by atoms with van der Waals surface area (Å²) in [5.41, 5.74) is 0. The van der Waals surface area contributed by atoms with E-state index in [1.807, 2.05) is 0 Å². The van der Waals surface area contributed by atoms with Crippen molar-refractivity contribution in [1.82, 2.24) is 15.1 Å². The SMILES string of the molecule is CCOCCCNCC(C)N1CCN(C(C)CC)CC1. The Morgan fingerprint density at radius 2 is 1.60 bits per heavy atom. The summed E-state index contributed by atoms with van der Waals surface area (Å²) in [7, 11) is 0. The van der Waals surface area contributed by atoms with Gasteiger partial charge in [-0.25, -0.2) is 0 Å². The summed E-state index contributed by atoms with van der Waals surface area (Å²) < 4.78 is 5.35. The average molecular weight is 285 g/mol. The van der Waals surface area contributed by atoms with Gasteiger partial charge in [0.15, 0.2) is 0 Å². The Kier molecular flexibility index (Phi) is 9.44. The van der Waals surface area contributed by atoms with Crippen LogP contribution in [0.3, 0.4) is 0 Å². The number of nitrogens with zero attached hydrogens (tertiary/aromatic N) is 2. The Balaban J connectivity index is 2.08. The van der Waals surface area contributed by atoms with Crippen molar-refractivity contribution in [3.63, 3.8) is 0 Å². The molecule has 120 valence electrons. The van der Waals surface area contributed by atoms with Gasteiger partial charge in [0.2, 0.25) is 0 Å². The number of piperazine rings is 1. The number of ether oxygens (including phenoxy) is 1. The van der Waals surface area contributed by atoms with Crippen molar-refractivity contribution in [3.8, 4) is 0 Å². The highest BCUT2D eigenvalue weighted by Gasteiger charge is 2.22. The van der Waals surface area contributed by atoms with Gasteiger partial charge in [-0.3, -0.25) is 9.80 Å². The number of nitrogens with one attached hydrogen (secondary N) is 1. The molecule has 0 aliphatic carbocycles. The largest absolute Gasteiger partial charge is 0.382 e. The molecule has 0 radical (unpaired) electrons. The standard InChI is InChI=1S/C16H35N3O/c1-5-15(3)18-9-11-19(12-10-18)16(4)14-17-8-7-13-20-6-2/h15-17H,5-14H2,1-4H3. The summed E-state index contributed by atoms with van der Waals surface area (Å²) in [6.45, 7) is 17.8. The second kappa shape index (κ2) is 10.6. The molecule has 0 aromatic heterocycles. The Bertz CT molecular complexity index is 230. The van der Waals surface area contributed by atoms with Crippen molar-refractivity contribution in [2.24, 2.45) is 0 Å². The monoisotopic (exact) mass is 285 g/mol. The molecule has 1 heterocycles. The molecule has 0 amide bonds. The second-order valence-electron chi connectivity index (χ2n) is 5.93. The predicted molar refractivity (Wildman–Crippen MR) is 86.3 cm³/mol. The van der Waals surface area contributed by atoms with Crippen LogP contribution in [0.1, 0.15) is 40.5 Å². The normalized spacial score (nSPS) is 21.0. The average Bonchev–Trinajstić information content (AvgIpc) is 2.50. The van der Waals surface area contributed by atoms with Crippen molar-refractivity contribution >= 4 is 0 Å². The van der Waals surface area contributed by atoms with Gasteiger partial charge in [-0.1, -0.05) is 6.92 Å². The van der Waals surface area contributed by atoms with Crippen LogP contribution in [0, 0.1) is 0 Å². The molecule has 1 aliphatic heterocycles. The van der Waals surface area contributed by atoms with Crippen LogP contribution in [0.25, 0.3) is 0 Å². The highest BCUT2D eigenvalue weighted by Crippen LogP contribution is 2.10. The molecule has 1 aliphatic rings. The third-order valence-corrected chi connectivity index (χ3v) is 4.47. The van der Waals surface area contributed by atoms with Crippen LogP contribution in [0.2, 0.25) is 0 Å². The minimum atomic E-state index is 0.640. The summed E-state index contributed by atoms with van der Waals surface area (Å²) >= 11 is 0. The highest BCUT2D eigenvalue weighted by atomic mass is 16.5. The van der Waals surface area contributed by atoms with Gasteiger partial charge in [-0.2, -0.15) is 0 Å². The molecular formula is C16H35N3O. The van der Waals surface area contributed by atoms with Gasteiger partial charge in [-0.05, 0) is 40.2 Å². The predicted octanol–water partition coefficient (Wildman–Crippen LogP) is 1.81. The van der Waals surface area contributed by atoms with E-state index in [-0.39, 0.29) is 0 Å². The van der Waals surface area contributed by atoms with E-state index in [0.717, 1.165) is 38.8 Å². The molecule has 2 atom stereocenters. The molecule has 20 heavy (non-hydrogen) atoms. The maximum Gasteiger partial charge on any atom is 0.0477 e. The Morgan fingerprint density at radius 3 is 2.15 bits per heavy atom. The van der Waals surface area contributed by atoms with Crippen LogP contribution in [0.15, 0.2) is 0 Å². The molecule has 0 bridgehead atoms. The topological polar surface area (TPSA) is 27.7 Å². The van der Waals surface area contributed by atoms with Gasteiger partial charge in [0.1, 0.15) is 0 Å². The molecule has 4 heteroatoms. The molecule has 0 saturated carbocycles. The van der Waals surface area contributed by atoms with Crippen molar-refractivity contribution in [1.29, 1.82) is 0 Å². The zero-order chi connectivity index (χ0) is 14.8. The van der Waals surface area contributed by atoms with Gasteiger partial charge in [0, 0.05) is 58.0 Å². The Hall–Kier alpha value is -0.160. The lowest BCUT2D eigenvalue weighted by atomic mass is 10.1. The molecule has 1 fully saturated rings. The van der Waals surface area contributed by atoms with Crippen molar-refractivity contribution in [2.75, 3.05) is 52.5 Å². The van der Waals surface area contributed by atoms with Crippen molar-refractivity contribution < 1.29 is 4.74 Å². The van der Waals surface area contributed by atoms with E-state index in [4.69, 9.17) is 4.74 Å². The van der Waals surface area contributed by atoms with E-state index in [0.29, 0.717) is 6.04 Å². The summed E-state index contributed by atoms with van der Waals surface area (Å²) in [6.07, 6.45) is 2.37. The number of hydrogen-bond acceptors (Lipinski definition) is 4. The number of hydrogen-bond donors (Lipinski definition) is 1. The third kappa shape index (κ3) is 6.53. The summed E-state index contributed by atoms with van der Waals surface area (Å²) in [4.78, 5) is 5.24. The highest BCUT2D eigenvalue weighted by molar-refractivity contribution is 4.79. The zero-order valence-corrected chi connectivity index (χ0v) is 14.0. The van der Waals surface area contributed by atoms with E-state index in [2.05, 4.69) is 42.8 Å². The Labute approximate surface area is 125 Å². The fourth-order valence-electron chi connectivity index (χ4n) is 2.76. The maximum absolute atomic E-state index is 5.35. The summed E-state index contributed by atoms with van der Waals surface area (Å²) in [6, 6.07) is 1.38. The van der Waals surface area contributed by atoms with E-state index >= 15 is 0 Å². The minimum absolute atomic E-state index is 0.640. The molecular weight excluding hydrogens is 250 g/mol. The van der Waals surface area contributed by atoms with Gasteiger partial charge in [0.25, 0.3) is 0 Å². The van der Waals surface area contributed by atoms with Gasteiger partial charge < -0.3 is 10.1 Å². The van der Waals surface area contributed by atoms with Crippen molar-refractivity contribution in [2.45, 2.75) is 52.6 Å². The summed E-state index contributed by atoms with van der Waals surface area (Å²) in [5.74, 6) is 0. The van der Waals surface area contributed by atoms with Gasteiger partial charge >= 0.3 is 0 Å². The molecule has 1 saturated heterocycles. The first-order valence-corrected chi connectivity index (χ1v) is 8.45. The van der Waals surface area contributed by atoms with E-state index in [9.17, 15) is 0 Å². The lowest BCUT2D eigenvalue weighted by Crippen LogP contribution is -2.53. The smallest absolute Gasteiger partial charge is 0.0477 e. The second-order valence-corrected chi connectivity index (χ2v) is 5.93.